The van der Waals surface area contributed by atoms with Gasteiger partial charge in [0.1, 0.15) is 0 Å². The maximum Gasteiger partial charge on any atom is 0.310 e. The molecule has 26 heavy (non-hydrogen) atoms. The topological polar surface area (TPSA) is 55.8 Å². The first kappa shape index (κ1) is 20.0. The van der Waals surface area contributed by atoms with Gasteiger partial charge in [0, 0.05) is 23.2 Å². The Morgan fingerprint density at radius 1 is 1.38 bits per heavy atom. The zero-order valence-electron chi connectivity index (χ0n) is 15.6. The normalized spacial score (nSPS) is 25.3. The van der Waals surface area contributed by atoms with Gasteiger partial charge in [-0.3, -0.25) is 4.79 Å². The number of carbonyl (C=O) groups is 1. The molecule has 1 heterocycles. The van der Waals surface area contributed by atoms with Gasteiger partial charge in [-0.2, -0.15) is 0 Å². The molecule has 2 aliphatic rings. The highest BCUT2D eigenvalue weighted by Gasteiger charge is 2.46. The zero-order chi connectivity index (χ0) is 18.9. The fraction of sp³-hybridized carbons (Fsp3) is 0.650. The highest BCUT2D eigenvalue weighted by atomic mass is 35.5. The Labute approximate surface area is 164 Å². The van der Waals surface area contributed by atoms with Crippen LogP contribution in [0.1, 0.15) is 51.0 Å². The van der Waals surface area contributed by atoms with E-state index in [2.05, 4.69) is 13.8 Å². The quantitative estimate of drug-likeness (QED) is 0.691. The first-order valence-electron chi connectivity index (χ1n) is 9.08. The minimum absolute atomic E-state index is 0.0444. The maximum atomic E-state index is 11.9. The molecular weight excluding hydrogens is 372 g/mol. The summed E-state index contributed by atoms with van der Waals surface area (Å²) in [4.78, 5) is 12.9. The minimum Gasteiger partial charge on any atom is -0.481 e. The van der Waals surface area contributed by atoms with Gasteiger partial charge in [0.2, 0.25) is 0 Å². The number of halogens is 1. The standard InChI is InChI=1S/C20H27ClO4S/c1-19(2)11-24-20(25-12-19)7-6-13(10-20)8-15(18(22)23)14-4-5-17(26-3)16(21)9-14/h4-5,9,13,15H,6-8,10-12H2,1-3H3,(H,22,23)/t13-,15?/m1/s1. The summed E-state index contributed by atoms with van der Waals surface area (Å²) in [6, 6.07) is 5.59. The average molecular weight is 399 g/mol. The van der Waals surface area contributed by atoms with Gasteiger partial charge in [0.05, 0.1) is 24.2 Å². The molecule has 2 fully saturated rings. The van der Waals surface area contributed by atoms with Crippen molar-refractivity contribution in [1.82, 2.24) is 0 Å². The van der Waals surface area contributed by atoms with Gasteiger partial charge in [0.15, 0.2) is 5.79 Å². The van der Waals surface area contributed by atoms with E-state index in [0.29, 0.717) is 24.7 Å². The molecular formula is C20H27ClO4S. The first-order valence-corrected chi connectivity index (χ1v) is 10.7. The Balaban J connectivity index is 1.68. The van der Waals surface area contributed by atoms with E-state index in [0.717, 1.165) is 29.7 Å². The average Bonchev–Trinajstić information content (AvgIpc) is 2.99. The third kappa shape index (κ3) is 4.38. The fourth-order valence-electron chi connectivity index (χ4n) is 3.88. The smallest absolute Gasteiger partial charge is 0.310 e. The number of rotatable bonds is 5. The predicted octanol–water partition coefficient (Wildman–Crippen LogP) is 5.19. The van der Waals surface area contributed by atoms with Gasteiger partial charge in [-0.15, -0.1) is 11.8 Å². The van der Waals surface area contributed by atoms with Crippen LogP contribution in [0.5, 0.6) is 0 Å². The SMILES string of the molecule is CSc1ccc(C(C[C@H]2CCC3(C2)OCC(C)(C)CO3)C(=O)O)cc1Cl. The molecule has 1 saturated heterocycles. The monoisotopic (exact) mass is 398 g/mol. The Hall–Kier alpha value is -0.750. The molecule has 1 aromatic rings. The molecule has 2 atom stereocenters. The summed E-state index contributed by atoms with van der Waals surface area (Å²) in [6.45, 7) is 5.64. The molecule has 4 nitrogen and oxygen atoms in total. The van der Waals surface area contributed by atoms with Crippen LogP contribution in [0.25, 0.3) is 0 Å². The summed E-state index contributed by atoms with van der Waals surface area (Å²) < 4.78 is 12.2. The molecule has 1 aliphatic carbocycles. The highest BCUT2D eigenvalue weighted by Crippen LogP contribution is 2.46. The largest absolute Gasteiger partial charge is 0.481 e. The summed E-state index contributed by atoms with van der Waals surface area (Å²) >= 11 is 7.84. The molecule has 1 aromatic carbocycles. The summed E-state index contributed by atoms with van der Waals surface area (Å²) in [5.74, 6) is -1.59. The maximum absolute atomic E-state index is 11.9. The minimum atomic E-state index is -0.800. The molecule has 144 valence electrons. The van der Waals surface area contributed by atoms with Crippen molar-refractivity contribution in [3.05, 3.63) is 28.8 Å². The van der Waals surface area contributed by atoms with Crippen LogP contribution in [0.15, 0.2) is 23.1 Å². The van der Waals surface area contributed by atoms with Crippen LogP contribution in [-0.2, 0) is 14.3 Å². The summed E-state index contributed by atoms with van der Waals surface area (Å²) in [5.41, 5.74) is 0.816. The van der Waals surface area contributed by atoms with Crippen molar-refractivity contribution in [2.24, 2.45) is 11.3 Å². The predicted molar refractivity (Wildman–Crippen MR) is 104 cm³/mol. The van der Waals surface area contributed by atoms with Crippen LogP contribution in [0.2, 0.25) is 5.02 Å². The van der Waals surface area contributed by atoms with Crippen LogP contribution >= 0.6 is 23.4 Å². The zero-order valence-corrected chi connectivity index (χ0v) is 17.2. The number of benzene rings is 1. The van der Waals surface area contributed by atoms with E-state index in [1.165, 1.54) is 0 Å². The van der Waals surface area contributed by atoms with Crippen LogP contribution in [0.3, 0.4) is 0 Å². The highest BCUT2D eigenvalue weighted by molar-refractivity contribution is 7.98. The molecule has 1 saturated carbocycles. The Bertz CT molecular complexity index is 666. The molecule has 0 aromatic heterocycles. The second-order valence-corrected chi connectivity index (χ2v) is 9.54. The number of hydrogen-bond acceptors (Lipinski definition) is 4. The number of hydrogen-bond donors (Lipinski definition) is 1. The molecule has 1 N–H and O–H groups in total. The van der Waals surface area contributed by atoms with E-state index in [-0.39, 0.29) is 11.3 Å². The van der Waals surface area contributed by atoms with Gasteiger partial charge in [-0.25, -0.2) is 0 Å². The van der Waals surface area contributed by atoms with E-state index in [1.807, 2.05) is 18.4 Å². The molecule has 0 radical (unpaired) electrons. The number of thioether (sulfide) groups is 1. The second-order valence-electron chi connectivity index (χ2n) is 8.28. The van der Waals surface area contributed by atoms with Gasteiger partial charge < -0.3 is 14.6 Å². The van der Waals surface area contributed by atoms with E-state index in [9.17, 15) is 9.90 Å². The molecule has 1 spiro atoms. The third-order valence-electron chi connectivity index (χ3n) is 5.43. The van der Waals surface area contributed by atoms with Crippen LogP contribution < -0.4 is 0 Å². The van der Waals surface area contributed by atoms with Crippen molar-refractivity contribution in [1.29, 1.82) is 0 Å². The molecule has 6 heteroatoms. The molecule has 0 amide bonds. The third-order valence-corrected chi connectivity index (χ3v) is 6.65. The molecule has 1 unspecified atom stereocenters. The van der Waals surface area contributed by atoms with E-state index >= 15 is 0 Å². The lowest BCUT2D eigenvalue weighted by molar-refractivity contribution is -0.296. The Morgan fingerprint density at radius 2 is 2.08 bits per heavy atom. The van der Waals surface area contributed by atoms with Crippen molar-refractivity contribution in [2.75, 3.05) is 19.5 Å². The number of aliphatic carboxylic acids is 1. The van der Waals surface area contributed by atoms with Crippen molar-refractivity contribution >= 4 is 29.3 Å². The van der Waals surface area contributed by atoms with Gasteiger partial charge in [0.25, 0.3) is 0 Å². The van der Waals surface area contributed by atoms with Crippen molar-refractivity contribution in [3.63, 3.8) is 0 Å². The van der Waals surface area contributed by atoms with Gasteiger partial charge >= 0.3 is 5.97 Å². The van der Waals surface area contributed by atoms with Crippen molar-refractivity contribution in [2.45, 2.75) is 56.1 Å². The van der Waals surface area contributed by atoms with Crippen LogP contribution in [0, 0.1) is 11.3 Å². The van der Waals surface area contributed by atoms with Gasteiger partial charge in [-0.05, 0) is 42.7 Å². The second kappa shape index (κ2) is 7.70. The first-order chi connectivity index (χ1) is 12.2. The lowest BCUT2D eigenvalue weighted by atomic mass is 9.87. The molecule has 3 rings (SSSR count). The molecule has 0 bridgehead atoms. The lowest BCUT2D eigenvalue weighted by Crippen LogP contribution is -2.46. The molecule has 1 aliphatic heterocycles. The van der Waals surface area contributed by atoms with Gasteiger partial charge in [-0.1, -0.05) is 31.5 Å². The van der Waals surface area contributed by atoms with E-state index < -0.39 is 17.7 Å². The summed E-state index contributed by atoms with van der Waals surface area (Å²) in [5, 5.41) is 10.4. The number of carboxylic acids is 1. The fourth-order valence-corrected chi connectivity index (χ4v) is 4.76. The van der Waals surface area contributed by atoms with Crippen molar-refractivity contribution in [3.8, 4) is 0 Å². The summed E-state index contributed by atoms with van der Waals surface area (Å²) in [6.07, 6.45) is 5.08. The number of ether oxygens (including phenoxy) is 2. The Kier molecular flexibility index (Phi) is 5.92. The number of carboxylic acid groups (broad SMARTS) is 1. The van der Waals surface area contributed by atoms with Crippen LogP contribution in [-0.4, -0.2) is 36.3 Å². The van der Waals surface area contributed by atoms with Crippen LogP contribution in [0.4, 0.5) is 0 Å². The van der Waals surface area contributed by atoms with E-state index in [4.69, 9.17) is 21.1 Å². The summed E-state index contributed by atoms with van der Waals surface area (Å²) in [7, 11) is 0. The van der Waals surface area contributed by atoms with E-state index in [1.54, 1.807) is 17.8 Å². The lowest BCUT2D eigenvalue weighted by Gasteiger charge is -2.41. The Morgan fingerprint density at radius 3 is 2.65 bits per heavy atom. The van der Waals surface area contributed by atoms with Crippen molar-refractivity contribution < 1.29 is 19.4 Å².